The number of nitrogens with two attached hydrogens (primary N) is 1. The van der Waals surface area contributed by atoms with Crippen LogP contribution in [-0.2, 0) is 9.53 Å². The van der Waals surface area contributed by atoms with Crippen molar-refractivity contribution in [2.75, 3.05) is 20.3 Å². The van der Waals surface area contributed by atoms with Gasteiger partial charge in [0, 0.05) is 19.7 Å². The first-order chi connectivity index (χ1) is 8.52. The molecule has 0 aromatic heterocycles. The van der Waals surface area contributed by atoms with Crippen LogP contribution in [0.5, 0.6) is 0 Å². The van der Waals surface area contributed by atoms with Gasteiger partial charge in [-0.1, -0.05) is 20.3 Å². The van der Waals surface area contributed by atoms with E-state index >= 15 is 0 Å². The number of methoxy groups -OCH3 is 1. The van der Waals surface area contributed by atoms with Gasteiger partial charge in [0.25, 0.3) is 0 Å². The topological polar surface area (TPSA) is 55.6 Å². The zero-order valence-corrected chi connectivity index (χ0v) is 12.2. The molecule has 2 unspecified atom stereocenters. The largest absolute Gasteiger partial charge is 0.383 e. The third-order valence-corrected chi connectivity index (χ3v) is 4.16. The van der Waals surface area contributed by atoms with Gasteiger partial charge < -0.3 is 15.4 Å². The lowest BCUT2D eigenvalue weighted by Gasteiger charge is -2.33. The molecule has 4 nitrogen and oxygen atoms in total. The standard InChI is InChI=1S/C14H28N2O2/c1-5-10(2)13(15)14(17)16(8-9-18-4)11(3)12-6-7-12/h10-13H,5-9,15H2,1-4H3/t10?,11?,13-/m0/s1. The highest BCUT2D eigenvalue weighted by Gasteiger charge is 2.36. The van der Waals surface area contributed by atoms with Gasteiger partial charge in [-0.2, -0.15) is 0 Å². The van der Waals surface area contributed by atoms with Crippen molar-refractivity contribution >= 4 is 5.91 Å². The fourth-order valence-electron chi connectivity index (χ4n) is 2.23. The Bertz CT molecular complexity index is 267. The van der Waals surface area contributed by atoms with Crippen LogP contribution in [0.3, 0.4) is 0 Å². The van der Waals surface area contributed by atoms with Crippen LogP contribution < -0.4 is 5.73 Å². The van der Waals surface area contributed by atoms with Gasteiger partial charge in [-0.05, 0) is 31.6 Å². The second-order valence-corrected chi connectivity index (χ2v) is 5.51. The van der Waals surface area contributed by atoms with Crippen LogP contribution in [0.4, 0.5) is 0 Å². The minimum absolute atomic E-state index is 0.0841. The van der Waals surface area contributed by atoms with Crippen molar-refractivity contribution < 1.29 is 9.53 Å². The summed E-state index contributed by atoms with van der Waals surface area (Å²) in [5.41, 5.74) is 6.07. The maximum atomic E-state index is 12.5. The fraction of sp³-hybridized carbons (Fsp3) is 0.929. The number of ether oxygens (including phenoxy) is 1. The number of carbonyl (C=O) groups is 1. The number of hydrogen-bond donors (Lipinski definition) is 1. The quantitative estimate of drug-likeness (QED) is 0.718. The number of carbonyl (C=O) groups excluding carboxylic acids is 1. The molecule has 18 heavy (non-hydrogen) atoms. The summed E-state index contributed by atoms with van der Waals surface area (Å²) < 4.78 is 5.10. The smallest absolute Gasteiger partial charge is 0.240 e. The van der Waals surface area contributed by atoms with Gasteiger partial charge in [0.15, 0.2) is 0 Å². The number of hydrogen-bond acceptors (Lipinski definition) is 3. The summed E-state index contributed by atoms with van der Waals surface area (Å²) in [7, 11) is 1.67. The highest BCUT2D eigenvalue weighted by atomic mass is 16.5. The second-order valence-electron chi connectivity index (χ2n) is 5.51. The highest BCUT2D eigenvalue weighted by Crippen LogP contribution is 2.35. The zero-order valence-electron chi connectivity index (χ0n) is 12.2. The van der Waals surface area contributed by atoms with E-state index in [1.54, 1.807) is 7.11 Å². The molecule has 1 aliphatic rings. The summed E-state index contributed by atoms with van der Waals surface area (Å²) in [4.78, 5) is 14.4. The summed E-state index contributed by atoms with van der Waals surface area (Å²) >= 11 is 0. The van der Waals surface area contributed by atoms with Gasteiger partial charge in [0.1, 0.15) is 0 Å². The van der Waals surface area contributed by atoms with E-state index in [0.717, 1.165) is 6.42 Å². The van der Waals surface area contributed by atoms with E-state index in [1.807, 2.05) is 11.8 Å². The summed E-state index contributed by atoms with van der Waals surface area (Å²) in [6.45, 7) is 7.47. The molecule has 106 valence electrons. The minimum Gasteiger partial charge on any atom is -0.383 e. The van der Waals surface area contributed by atoms with Gasteiger partial charge in [0.05, 0.1) is 12.6 Å². The average molecular weight is 256 g/mol. The first-order valence-corrected chi connectivity index (χ1v) is 7.07. The fourth-order valence-corrected chi connectivity index (χ4v) is 2.23. The molecule has 1 saturated carbocycles. The van der Waals surface area contributed by atoms with E-state index in [2.05, 4.69) is 13.8 Å². The Balaban J connectivity index is 2.64. The Hall–Kier alpha value is -0.610. The molecule has 1 aliphatic carbocycles. The first kappa shape index (κ1) is 15.4. The maximum Gasteiger partial charge on any atom is 0.240 e. The molecule has 0 bridgehead atoms. The van der Waals surface area contributed by atoms with Crippen LogP contribution >= 0.6 is 0 Å². The van der Waals surface area contributed by atoms with E-state index in [1.165, 1.54) is 12.8 Å². The van der Waals surface area contributed by atoms with Gasteiger partial charge in [-0.3, -0.25) is 4.79 Å². The SMILES string of the molecule is CCC(C)[C@H](N)C(=O)N(CCOC)C(C)C1CC1. The molecule has 0 heterocycles. The molecule has 1 rings (SSSR count). The summed E-state index contributed by atoms with van der Waals surface area (Å²) in [6, 6.07) is -0.0872. The first-order valence-electron chi connectivity index (χ1n) is 7.07. The van der Waals surface area contributed by atoms with E-state index in [9.17, 15) is 4.79 Å². The van der Waals surface area contributed by atoms with E-state index in [0.29, 0.717) is 25.1 Å². The number of rotatable bonds is 8. The summed E-state index contributed by atoms with van der Waals surface area (Å²) in [5.74, 6) is 0.977. The Labute approximate surface area is 111 Å². The van der Waals surface area contributed by atoms with E-state index in [-0.39, 0.29) is 17.9 Å². The summed E-state index contributed by atoms with van der Waals surface area (Å²) in [6.07, 6.45) is 3.40. The van der Waals surface area contributed by atoms with Gasteiger partial charge >= 0.3 is 0 Å². The lowest BCUT2D eigenvalue weighted by molar-refractivity contribution is -0.137. The third kappa shape index (κ3) is 3.95. The normalized spacial score (nSPS) is 20.3. The predicted octanol–water partition coefficient (Wildman–Crippen LogP) is 1.63. The van der Waals surface area contributed by atoms with Crippen LogP contribution in [0.15, 0.2) is 0 Å². The second kappa shape index (κ2) is 7.10. The molecule has 0 aromatic carbocycles. The van der Waals surface area contributed by atoms with Crippen LogP contribution in [0, 0.1) is 11.8 Å². The third-order valence-electron chi connectivity index (χ3n) is 4.16. The molecular formula is C14H28N2O2. The van der Waals surface area contributed by atoms with Crippen molar-refractivity contribution in [1.29, 1.82) is 0 Å². The lowest BCUT2D eigenvalue weighted by Crippen LogP contribution is -2.51. The molecule has 2 N–H and O–H groups in total. The lowest BCUT2D eigenvalue weighted by atomic mass is 9.98. The molecule has 0 aromatic rings. The molecule has 1 amide bonds. The molecule has 0 aliphatic heterocycles. The average Bonchev–Trinajstić information content (AvgIpc) is 3.20. The molecule has 4 heteroatoms. The number of amides is 1. The minimum atomic E-state index is -0.381. The Morgan fingerprint density at radius 1 is 1.44 bits per heavy atom. The van der Waals surface area contributed by atoms with Crippen molar-refractivity contribution in [2.24, 2.45) is 17.6 Å². The van der Waals surface area contributed by atoms with Crippen molar-refractivity contribution in [3.63, 3.8) is 0 Å². The monoisotopic (exact) mass is 256 g/mol. The van der Waals surface area contributed by atoms with Gasteiger partial charge in [-0.25, -0.2) is 0 Å². The molecule has 0 spiro atoms. The van der Waals surface area contributed by atoms with Crippen molar-refractivity contribution in [2.45, 2.75) is 52.1 Å². The van der Waals surface area contributed by atoms with Gasteiger partial charge in [-0.15, -0.1) is 0 Å². The predicted molar refractivity (Wildman–Crippen MR) is 73.2 cm³/mol. The molecule has 0 saturated heterocycles. The van der Waals surface area contributed by atoms with Crippen molar-refractivity contribution in [1.82, 2.24) is 4.90 Å². The Morgan fingerprint density at radius 3 is 2.50 bits per heavy atom. The number of nitrogens with zero attached hydrogens (tertiary/aromatic N) is 1. The van der Waals surface area contributed by atoms with Gasteiger partial charge in [0.2, 0.25) is 5.91 Å². The zero-order chi connectivity index (χ0) is 13.7. The van der Waals surface area contributed by atoms with E-state index in [4.69, 9.17) is 10.5 Å². The Morgan fingerprint density at radius 2 is 2.06 bits per heavy atom. The molecule has 0 radical (unpaired) electrons. The van der Waals surface area contributed by atoms with E-state index < -0.39 is 0 Å². The van der Waals surface area contributed by atoms with Crippen LogP contribution in [-0.4, -0.2) is 43.2 Å². The molecule has 1 fully saturated rings. The van der Waals surface area contributed by atoms with Crippen LogP contribution in [0.25, 0.3) is 0 Å². The van der Waals surface area contributed by atoms with Crippen molar-refractivity contribution in [3.8, 4) is 0 Å². The van der Waals surface area contributed by atoms with Crippen molar-refractivity contribution in [3.05, 3.63) is 0 Å². The molecular weight excluding hydrogens is 228 g/mol. The maximum absolute atomic E-state index is 12.5. The summed E-state index contributed by atoms with van der Waals surface area (Å²) in [5, 5.41) is 0. The van der Waals surface area contributed by atoms with Crippen LogP contribution in [0.1, 0.15) is 40.0 Å². The van der Waals surface area contributed by atoms with Crippen LogP contribution in [0.2, 0.25) is 0 Å². The highest BCUT2D eigenvalue weighted by molar-refractivity contribution is 5.82. The molecule has 3 atom stereocenters. The Kier molecular flexibility index (Phi) is 6.09.